The van der Waals surface area contributed by atoms with Gasteiger partial charge in [-0.2, -0.15) is 5.26 Å². The number of halogens is 2. The van der Waals surface area contributed by atoms with Gasteiger partial charge in [-0.15, -0.1) is 0 Å². The molecular weight excluding hydrogens is 262 g/mol. The van der Waals surface area contributed by atoms with Crippen molar-refractivity contribution in [3.63, 3.8) is 0 Å². The molecule has 20 heavy (non-hydrogen) atoms. The average molecular weight is 276 g/mol. The van der Waals surface area contributed by atoms with Crippen LogP contribution in [-0.2, 0) is 13.1 Å². The number of hydrogen-bond acceptors (Lipinski definition) is 3. The maximum atomic E-state index is 13.2. The topological polar surface area (TPSA) is 40.2 Å². The summed E-state index contributed by atoms with van der Waals surface area (Å²) in [7, 11) is 0. The molecule has 0 saturated heterocycles. The minimum Gasteiger partial charge on any atom is -0.468 e. The van der Waals surface area contributed by atoms with Gasteiger partial charge < -0.3 is 4.42 Å². The smallest absolute Gasteiger partial charge is 0.159 e. The third-order valence-electron chi connectivity index (χ3n) is 2.89. The summed E-state index contributed by atoms with van der Waals surface area (Å²) in [6.45, 7) is 1.49. The van der Waals surface area contributed by atoms with Crippen molar-refractivity contribution >= 4 is 0 Å². The minimum absolute atomic E-state index is 0.365. The molecule has 0 bridgehead atoms. The number of hydrogen-bond donors (Lipinski definition) is 0. The number of furan rings is 1. The van der Waals surface area contributed by atoms with E-state index in [-0.39, 0.29) is 0 Å². The molecule has 3 nitrogen and oxygen atoms in total. The zero-order valence-corrected chi connectivity index (χ0v) is 10.9. The van der Waals surface area contributed by atoms with Crippen molar-refractivity contribution < 1.29 is 13.2 Å². The quantitative estimate of drug-likeness (QED) is 0.811. The van der Waals surface area contributed by atoms with E-state index >= 15 is 0 Å². The van der Waals surface area contributed by atoms with Gasteiger partial charge in [-0.05, 0) is 29.8 Å². The van der Waals surface area contributed by atoms with Crippen LogP contribution in [0.5, 0.6) is 0 Å². The first-order valence-corrected chi connectivity index (χ1v) is 6.24. The highest BCUT2D eigenvalue weighted by Crippen LogP contribution is 2.14. The molecule has 0 spiro atoms. The molecule has 1 heterocycles. The van der Waals surface area contributed by atoms with Gasteiger partial charge in [0.15, 0.2) is 11.6 Å². The number of nitriles is 1. The van der Waals surface area contributed by atoms with Crippen LogP contribution in [0.2, 0.25) is 0 Å². The van der Waals surface area contributed by atoms with Crippen LogP contribution in [0.4, 0.5) is 8.78 Å². The summed E-state index contributed by atoms with van der Waals surface area (Å²) < 4.78 is 31.4. The summed E-state index contributed by atoms with van der Waals surface area (Å²) >= 11 is 0. The summed E-state index contributed by atoms with van der Waals surface area (Å²) in [5.41, 5.74) is 0.661. The van der Waals surface area contributed by atoms with Gasteiger partial charge in [-0.25, -0.2) is 8.78 Å². The molecule has 1 aromatic heterocycles. The minimum atomic E-state index is -0.860. The first-order valence-electron chi connectivity index (χ1n) is 6.24. The molecule has 0 aliphatic heterocycles. The molecule has 0 radical (unpaired) electrons. The molecule has 104 valence electrons. The number of benzene rings is 1. The average Bonchev–Trinajstić information content (AvgIpc) is 2.93. The molecule has 0 amide bonds. The van der Waals surface area contributed by atoms with Crippen molar-refractivity contribution in [2.75, 3.05) is 6.54 Å². The van der Waals surface area contributed by atoms with Crippen molar-refractivity contribution in [3.8, 4) is 6.07 Å². The molecule has 0 saturated carbocycles. The maximum Gasteiger partial charge on any atom is 0.159 e. The molecule has 0 aliphatic carbocycles. The number of nitrogens with zero attached hydrogens (tertiary/aromatic N) is 2. The third kappa shape index (κ3) is 3.90. The molecule has 1 aromatic carbocycles. The van der Waals surface area contributed by atoms with Crippen LogP contribution in [0.25, 0.3) is 0 Å². The lowest BCUT2D eigenvalue weighted by Crippen LogP contribution is -2.23. The molecular formula is C15H14F2N2O. The van der Waals surface area contributed by atoms with E-state index in [9.17, 15) is 8.78 Å². The maximum absolute atomic E-state index is 13.2. The normalized spacial score (nSPS) is 10.7. The largest absolute Gasteiger partial charge is 0.468 e. The third-order valence-corrected chi connectivity index (χ3v) is 2.89. The Hall–Kier alpha value is -2.19. The van der Waals surface area contributed by atoms with E-state index in [2.05, 4.69) is 6.07 Å². The lowest BCUT2D eigenvalue weighted by atomic mass is 10.2. The molecule has 2 rings (SSSR count). The van der Waals surface area contributed by atoms with Crippen LogP contribution in [0.15, 0.2) is 41.0 Å². The van der Waals surface area contributed by atoms with Gasteiger partial charge in [-0.1, -0.05) is 6.07 Å². The van der Waals surface area contributed by atoms with Crippen molar-refractivity contribution in [1.82, 2.24) is 4.90 Å². The second kappa shape index (κ2) is 6.83. The van der Waals surface area contributed by atoms with Crippen molar-refractivity contribution in [2.45, 2.75) is 19.5 Å². The van der Waals surface area contributed by atoms with Crippen LogP contribution >= 0.6 is 0 Å². The summed E-state index contributed by atoms with van der Waals surface area (Å²) in [4.78, 5) is 1.95. The summed E-state index contributed by atoms with van der Waals surface area (Å²) in [5.74, 6) is -0.949. The van der Waals surface area contributed by atoms with Gasteiger partial charge in [0.1, 0.15) is 5.76 Å². The highest BCUT2D eigenvalue weighted by atomic mass is 19.2. The van der Waals surface area contributed by atoms with Crippen molar-refractivity contribution in [1.29, 1.82) is 5.26 Å². The van der Waals surface area contributed by atoms with Crippen LogP contribution in [0.1, 0.15) is 17.7 Å². The lowest BCUT2D eigenvalue weighted by Gasteiger charge is -2.20. The van der Waals surface area contributed by atoms with Crippen molar-refractivity contribution in [2.24, 2.45) is 0 Å². The van der Waals surface area contributed by atoms with E-state index in [0.717, 1.165) is 11.8 Å². The zero-order valence-electron chi connectivity index (χ0n) is 10.9. The first kappa shape index (κ1) is 14.2. The van der Waals surface area contributed by atoms with Crippen LogP contribution in [-0.4, -0.2) is 11.4 Å². The molecule has 2 aromatic rings. The molecule has 5 heteroatoms. The standard InChI is InChI=1S/C15H14F2N2O/c16-14-5-4-12(9-15(14)17)10-19(7-2-6-18)11-13-3-1-8-20-13/h1,3-5,8-9H,2,7,10-11H2. The van der Waals surface area contributed by atoms with E-state index in [1.807, 2.05) is 11.0 Å². The molecule has 0 fully saturated rings. The molecule has 0 aliphatic rings. The van der Waals surface area contributed by atoms with Crippen LogP contribution in [0, 0.1) is 23.0 Å². The van der Waals surface area contributed by atoms with Gasteiger partial charge in [0.25, 0.3) is 0 Å². The second-order valence-corrected chi connectivity index (χ2v) is 4.45. The van der Waals surface area contributed by atoms with Gasteiger partial charge in [0, 0.05) is 19.5 Å². The second-order valence-electron chi connectivity index (χ2n) is 4.45. The Morgan fingerprint density at radius 3 is 2.65 bits per heavy atom. The highest BCUT2D eigenvalue weighted by molar-refractivity contribution is 5.17. The molecule has 0 unspecified atom stereocenters. The van der Waals surface area contributed by atoms with E-state index in [4.69, 9.17) is 9.68 Å². The fourth-order valence-corrected chi connectivity index (χ4v) is 1.94. The molecule has 0 N–H and O–H groups in total. The summed E-state index contributed by atoms with van der Waals surface area (Å²) in [6.07, 6.45) is 1.94. The fourth-order valence-electron chi connectivity index (χ4n) is 1.94. The van der Waals surface area contributed by atoms with E-state index in [1.54, 1.807) is 18.4 Å². The van der Waals surface area contributed by atoms with Gasteiger partial charge >= 0.3 is 0 Å². The lowest BCUT2D eigenvalue weighted by molar-refractivity contribution is 0.240. The van der Waals surface area contributed by atoms with E-state index in [1.165, 1.54) is 6.07 Å². The number of rotatable bonds is 6. The molecule has 0 atom stereocenters. The van der Waals surface area contributed by atoms with Crippen LogP contribution < -0.4 is 0 Å². The Morgan fingerprint density at radius 2 is 2.00 bits per heavy atom. The van der Waals surface area contributed by atoms with E-state index in [0.29, 0.717) is 31.6 Å². The van der Waals surface area contributed by atoms with E-state index < -0.39 is 11.6 Å². The van der Waals surface area contributed by atoms with Gasteiger partial charge in [0.2, 0.25) is 0 Å². The Morgan fingerprint density at radius 1 is 1.15 bits per heavy atom. The van der Waals surface area contributed by atoms with Crippen LogP contribution in [0.3, 0.4) is 0 Å². The summed E-state index contributed by atoms with van der Waals surface area (Å²) in [6, 6.07) is 9.53. The predicted molar refractivity (Wildman–Crippen MR) is 69.4 cm³/mol. The summed E-state index contributed by atoms with van der Waals surface area (Å²) in [5, 5.41) is 8.68. The zero-order chi connectivity index (χ0) is 14.4. The monoisotopic (exact) mass is 276 g/mol. The van der Waals surface area contributed by atoms with Gasteiger partial charge in [-0.3, -0.25) is 4.90 Å². The predicted octanol–water partition coefficient (Wildman–Crippen LogP) is 3.47. The first-order chi connectivity index (χ1) is 9.69. The van der Waals surface area contributed by atoms with Gasteiger partial charge in [0.05, 0.1) is 18.9 Å². The Bertz CT molecular complexity index is 590. The van der Waals surface area contributed by atoms with Crippen molar-refractivity contribution in [3.05, 3.63) is 59.6 Å². The SMILES string of the molecule is N#CCCN(Cc1ccc(F)c(F)c1)Cc1ccco1. The fraction of sp³-hybridized carbons (Fsp3) is 0.267. The highest BCUT2D eigenvalue weighted by Gasteiger charge is 2.10. The Labute approximate surface area is 116 Å². The Kier molecular flexibility index (Phi) is 4.85. The Balaban J connectivity index is 2.06.